The van der Waals surface area contributed by atoms with Gasteiger partial charge < -0.3 is 14.6 Å². The Balaban J connectivity index is 1.82. The summed E-state index contributed by atoms with van der Waals surface area (Å²) in [7, 11) is 3.45. The standard InChI is InChI=1S/C16H26O4S/c1-19-16(20-2)15-11(12-9-10-13(15)21-12)7-5-3-4-6-8-14(17)18/h3,5,11-13,15-16H,4,6-10H2,1-2H3,(H,17,18)/b5-3-/t11-,12+,13-,15-/m0/s1. The van der Waals surface area contributed by atoms with Crippen LogP contribution in [0.4, 0.5) is 0 Å². The van der Waals surface area contributed by atoms with Crippen molar-refractivity contribution >= 4 is 17.7 Å². The first-order valence-corrected chi connectivity index (χ1v) is 8.69. The molecule has 2 fully saturated rings. The van der Waals surface area contributed by atoms with Crippen molar-refractivity contribution in [1.82, 2.24) is 0 Å². The second kappa shape index (κ2) is 8.20. The Labute approximate surface area is 131 Å². The quantitative estimate of drug-likeness (QED) is 0.402. The minimum absolute atomic E-state index is 0.0989. The Morgan fingerprint density at radius 3 is 2.67 bits per heavy atom. The predicted molar refractivity (Wildman–Crippen MR) is 84.4 cm³/mol. The maximum atomic E-state index is 10.5. The monoisotopic (exact) mass is 314 g/mol. The maximum absolute atomic E-state index is 10.5. The summed E-state index contributed by atoms with van der Waals surface area (Å²) in [4.78, 5) is 10.5. The lowest BCUT2D eigenvalue weighted by Gasteiger charge is -2.33. The highest BCUT2D eigenvalue weighted by atomic mass is 32.2. The summed E-state index contributed by atoms with van der Waals surface area (Å²) in [6.07, 6.45) is 9.72. The summed E-state index contributed by atoms with van der Waals surface area (Å²) in [5, 5.41) is 10.0. The highest BCUT2D eigenvalue weighted by Crippen LogP contribution is 2.55. The van der Waals surface area contributed by atoms with E-state index in [0.717, 1.165) is 24.5 Å². The first-order valence-electron chi connectivity index (χ1n) is 7.75. The molecule has 2 saturated heterocycles. The van der Waals surface area contributed by atoms with Gasteiger partial charge in [-0.2, -0.15) is 11.8 Å². The van der Waals surface area contributed by atoms with E-state index < -0.39 is 5.97 Å². The van der Waals surface area contributed by atoms with Gasteiger partial charge in [0.05, 0.1) is 0 Å². The molecule has 0 aromatic heterocycles. The second-order valence-electron chi connectivity index (χ2n) is 5.86. The summed E-state index contributed by atoms with van der Waals surface area (Å²) in [5.74, 6) is 0.387. The number of thioether (sulfide) groups is 1. The normalized spacial score (nSPS) is 31.6. The molecule has 0 spiro atoms. The molecule has 1 N–H and O–H groups in total. The smallest absolute Gasteiger partial charge is 0.303 e. The van der Waals surface area contributed by atoms with E-state index in [2.05, 4.69) is 23.9 Å². The fourth-order valence-corrected chi connectivity index (χ4v) is 5.65. The maximum Gasteiger partial charge on any atom is 0.303 e. The predicted octanol–water partition coefficient (Wildman–Crippen LogP) is 3.32. The van der Waals surface area contributed by atoms with Crippen LogP contribution in [0.5, 0.6) is 0 Å². The first-order chi connectivity index (χ1) is 10.2. The molecule has 0 aromatic rings. The molecule has 2 rings (SSSR count). The zero-order valence-corrected chi connectivity index (χ0v) is 13.7. The molecule has 0 aromatic carbocycles. The minimum atomic E-state index is -0.712. The van der Waals surface area contributed by atoms with Crippen LogP contribution in [0.15, 0.2) is 12.2 Å². The molecule has 2 bridgehead atoms. The van der Waals surface area contributed by atoms with Crippen molar-refractivity contribution in [3.63, 3.8) is 0 Å². The molecule has 0 radical (unpaired) electrons. The van der Waals surface area contributed by atoms with Crippen LogP contribution >= 0.6 is 11.8 Å². The molecule has 21 heavy (non-hydrogen) atoms. The highest BCUT2D eigenvalue weighted by Gasteiger charge is 2.51. The van der Waals surface area contributed by atoms with Gasteiger partial charge in [-0.25, -0.2) is 0 Å². The van der Waals surface area contributed by atoms with E-state index >= 15 is 0 Å². The van der Waals surface area contributed by atoms with E-state index in [-0.39, 0.29) is 12.7 Å². The van der Waals surface area contributed by atoms with E-state index in [0.29, 0.717) is 17.1 Å². The molecule has 0 saturated carbocycles. The van der Waals surface area contributed by atoms with E-state index in [1.54, 1.807) is 14.2 Å². The van der Waals surface area contributed by atoms with Crippen LogP contribution < -0.4 is 0 Å². The van der Waals surface area contributed by atoms with Crippen molar-refractivity contribution < 1.29 is 19.4 Å². The van der Waals surface area contributed by atoms with Gasteiger partial charge in [-0.3, -0.25) is 4.79 Å². The van der Waals surface area contributed by atoms with Crippen LogP contribution in [0.1, 0.15) is 38.5 Å². The van der Waals surface area contributed by atoms with E-state index in [1.165, 1.54) is 12.8 Å². The summed E-state index contributed by atoms with van der Waals surface area (Å²) in [6, 6.07) is 0. The Morgan fingerprint density at radius 2 is 2.00 bits per heavy atom. The molecule has 2 aliphatic heterocycles. The fraction of sp³-hybridized carbons (Fsp3) is 0.812. The summed E-state index contributed by atoms with van der Waals surface area (Å²) < 4.78 is 11.0. The topological polar surface area (TPSA) is 55.8 Å². The van der Waals surface area contributed by atoms with Crippen LogP contribution in [-0.2, 0) is 14.3 Å². The zero-order valence-electron chi connectivity index (χ0n) is 12.9. The Hall–Kier alpha value is -0.520. The van der Waals surface area contributed by atoms with Crippen molar-refractivity contribution in [2.24, 2.45) is 11.8 Å². The number of aliphatic carboxylic acids is 1. The lowest BCUT2D eigenvalue weighted by atomic mass is 9.77. The number of ether oxygens (including phenoxy) is 2. The zero-order chi connectivity index (χ0) is 15.2. The fourth-order valence-electron chi connectivity index (χ4n) is 3.65. The molecule has 4 atom stereocenters. The Bertz CT molecular complexity index is 367. The molecule has 2 aliphatic rings. The number of carboxylic acids is 1. The third kappa shape index (κ3) is 4.24. The van der Waals surface area contributed by atoms with Gasteiger partial charge in [0.25, 0.3) is 0 Å². The average Bonchev–Trinajstić information content (AvgIpc) is 3.05. The summed E-state index contributed by atoms with van der Waals surface area (Å²) >= 11 is 2.11. The van der Waals surface area contributed by atoms with Gasteiger partial charge in [-0.1, -0.05) is 12.2 Å². The third-order valence-electron chi connectivity index (χ3n) is 4.60. The number of methoxy groups -OCH3 is 2. The summed E-state index contributed by atoms with van der Waals surface area (Å²) in [5.41, 5.74) is 0. The van der Waals surface area contributed by atoms with Gasteiger partial charge >= 0.3 is 5.97 Å². The molecule has 0 unspecified atom stereocenters. The number of hydrogen-bond donors (Lipinski definition) is 1. The van der Waals surface area contributed by atoms with Crippen LogP contribution in [0.2, 0.25) is 0 Å². The number of rotatable bonds is 9. The van der Waals surface area contributed by atoms with Crippen molar-refractivity contribution in [2.45, 2.75) is 55.3 Å². The van der Waals surface area contributed by atoms with Crippen molar-refractivity contribution in [1.29, 1.82) is 0 Å². The number of unbranched alkanes of at least 4 members (excludes halogenated alkanes) is 1. The molecular formula is C16H26O4S. The van der Waals surface area contributed by atoms with Gasteiger partial charge in [0.15, 0.2) is 6.29 Å². The first kappa shape index (κ1) is 16.8. The van der Waals surface area contributed by atoms with Gasteiger partial charge in [0.2, 0.25) is 0 Å². The number of hydrogen-bond acceptors (Lipinski definition) is 4. The molecule has 120 valence electrons. The van der Waals surface area contributed by atoms with Crippen LogP contribution in [0, 0.1) is 11.8 Å². The van der Waals surface area contributed by atoms with Crippen LogP contribution in [0.25, 0.3) is 0 Å². The van der Waals surface area contributed by atoms with Crippen LogP contribution in [0.3, 0.4) is 0 Å². The van der Waals surface area contributed by atoms with Gasteiger partial charge in [-0.05, 0) is 38.0 Å². The van der Waals surface area contributed by atoms with E-state index in [1.807, 2.05) is 0 Å². The Kier molecular flexibility index (Phi) is 6.58. The molecule has 0 amide bonds. The molecule has 4 nitrogen and oxygen atoms in total. The average molecular weight is 314 g/mol. The SMILES string of the molecule is COC(OC)[C@H]1[C@@H](C/C=C\CCCC(=O)O)[C@H]2CC[C@@H]1S2. The number of carboxylic acid groups (broad SMARTS) is 1. The minimum Gasteiger partial charge on any atom is -0.481 e. The second-order valence-corrected chi connectivity index (χ2v) is 7.35. The van der Waals surface area contributed by atoms with Crippen molar-refractivity contribution in [3.8, 4) is 0 Å². The molecule has 5 heteroatoms. The number of allylic oxidation sites excluding steroid dienone is 2. The molecule has 2 heterocycles. The largest absolute Gasteiger partial charge is 0.481 e. The lowest BCUT2D eigenvalue weighted by molar-refractivity contribution is -0.150. The van der Waals surface area contributed by atoms with Gasteiger partial charge in [0, 0.05) is 37.1 Å². The highest BCUT2D eigenvalue weighted by molar-refractivity contribution is 8.01. The lowest BCUT2D eigenvalue weighted by Crippen LogP contribution is -2.38. The van der Waals surface area contributed by atoms with Crippen molar-refractivity contribution in [2.75, 3.05) is 14.2 Å². The van der Waals surface area contributed by atoms with E-state index in [4.69, 9.17) is 14.6 Å². The third-order valence-corrected chi connectivity index (χ3v) is 6.44. The van der Waals surface area contributed by atoms with E-state index in [9.17, 15) is 4.79 Å². The van der Waals surface area contributed by atoms with Gasteiger partial charge in [0.1, 0.15) is 0 Å². The molecular weight excluding hydrogens is 288 g/mol. The van der Waals surface area contributed by atoms with Gasteiger partial charge in [-0.15, -0.1) is 0 Å². The van der Waals surface area contributed by atoms with Crippen LogP contribution in [-0.4, -0.2) is 42.1 Å². The molecule has 0 aliphatic carbocycles. The Morgan fingerprint density at radius 1 is 1.29 bits per heavy atom. The number of fused-ring (bicyclic) bond motifs is 2. The van der Waals surface area contributed by atoms with Crippen molar-refractivity contribution in [3.05, 3.63) is 12.2 Å². The summed E-state index contributed by atoms with van der Waals surface area (Å²) in [6.45, 7) is 0. The number of carbonyl (C=O) groups is 1.